The molecule has 1 nitrogen and oxygen atoms in total. The highest BCUT2D eigenvalue weighted by Crippen LogP contribution is 2.48. The lowest BCUT2D eigenvalue weighted by molar-refractivity contribution is 0.0949. The summed E-state index contributed by atoms with van der Waals surface area (Å²) in [5.74, 6) is 0.422. The van der Waals surface area contributed by atoms with E-state index < -0.39 is 0 Å². The number of ketones is 1. The standard InChI is InChI=1S/C21H18OS/c1-13-8-6-7-11-16(13)18-17-12-14(2)19(22)21(17)23-20(18)15-9-4-3-5-10-15/h3-11,14H,12H2,1-2H3. The fraction of sp³-hybridized carbons (Fsp3) is 0.190. The summed E-state index contributed by atoms with van der Waals surface area (Å²) in [6, 6.07) is 18.9. The Morgan fingerprint density at radius 3 is 2.39 bits per heavy atom. The first kappa shape index (κ1) is 14.4. The molecule has 1 heterocycles. The van der Waals surface area contributed by atoms with Crippen LogP contribution >= 0.6 is 11.3 Å². The zero-order valence-corrected chi connectivity index (χ0v) is 14.1. The summed E-state index contributed by atoms with van der Waals surface area (Å²) in [5.41, 5.74) is 6.24. The minimum Gasteiger partial charge on any atom is -0.293 e. The summed E-state index contributed by atoms with van der Waals surface area (Å²) in [6.07, 6.45) is 0.862. The molecule has 23 heavy (non-hydrogen) atoms. The lowest BCUT2D eigenvalue weighted by Crippen LogP contribution is -2.02. The summed E-state index contributed by atoms with van der Waals surface area (Å²) < 4.78 is 0. The van der Waals surface area contributed by atoms with Crippen LogP contribution in [0.4, 0.5) is 0 Å². The highest BCUT2D eigenvalue weighted by Gasteiger charge is 2.34. The van der Waals surface area contributed by atoms with Crippen LogP contribution in [0.2, 0.25) is 0 Å². The minimum absolute atomic E-state index is 0.115. The number of Topliss-reactive ketones (excluding diaryl/α,β-unsaturated/α-hetero) is 1. The second-order valence-corrected chi connectivity index (χ2v) is 7.28. The Labute approximate surface area is 140 Å². The fourth-order valence-corrected chi connectivity index (χ4v) is 4.82. The third-order valence-corrected chi connectivity index (χ3v) is 5.93. The molecular formula is C21H18OS. The van der Waals surface area contributed by atoms with E-state index in [9.17, 15) is 4.79 Å². The number of benzene rings is 2. The minimum atomic E-state index is 0.115. The Bertz CT molecular complexity index is 889. The van der Waals surface area contributed by atoms with Gasteiger partial charge in [0.15, 0.2) is 5.78 Å². The number of carbonyl (C=O) groups excluding carboxylic acids is 1. The van der Waals surface area contributed by atoms with E-state index >= 15 is 0 Å². The molecule has 2 heteroatoms. The first-order valence-electron chi connectivity index (χ1n) is 7.98. The van der Waals surface area contributed by atoms with E-state index in [4.69, 9.17) is 0 Å². The molecule has 1 aromatic heterocycles. The molecule has 0 amide bonds. The van der Waals surface area contributed by atoms with E-state index in [1.807, 2.05) is 13.0 Å². The van der Waals surface area contributed by atoms with Crippen LogP contribution in [0.15, 0.2) is 54.6 Å². The van der Waals surface area contributed by atoms with Gasteiger partial charge >= 0.3 is 0 Å². The van der Waals surface area contributed by atoms with Gasteiger partial charge in [-0.15, -0.1) is 11.3 Å². The maximum absolute atomic E-state index is 12.5. The molecule has 0 fully saturated rings. The number of hydrogen-bond donors (Lipinski definition) is 0. The van der Waals surface area contributed by atoms with E-state index in [-0.39, 0.29) is 5.92 Å². The number of fused-ring (bicyclic) bond motifs is 1. The summed E-state index contributed by atoms with van der Waals surface area (Å²) in [5, 5.41) is 0. The van der Waals surface area contributed by atoms with E-state index in [2.05, 4.69) is 55.5 Å². The molecule has 3 aromatic rings. The van der Waals surface area contributed by atoms with Gasteiger partial charge in [0, 0.05) is 16.4 Å². The van der Waals surface area contributed by atoms with Crippen molar-refractivity contribution in [2.24, 2.45) is 5.92 Å². The van der Waals surface area contributed by atoms with Crippen LogP contribution < -0.4 is 0 Å². The van der Waals surface area contributed by atoms with E-state index in [1.54, 1.807) is 11.3 Å². The monoisotopic (exact) mass is 318 g/mol. The normalized spacial score (nSPS) is 16.6. The molecule has 0 spiro atoms. The maximum atomic E-state index is 12.5. The summed E-state index contributed by atoms with van der Waals surface area (Å²) in [7, 11) is 0. The summed E-state index contributed by atoms with van der Waals surface area (Å²) in [6.45, 7) is 4.19. The number of thiophene rings is 1. The van der Waals surface area contributed by atoms with Gasteiger partial charge in [0.05, 0.1) is 4.88 Å². The Balaban J connectivity index is 2.02. The Hall–Kier alpha value is -2.19. The second-order valence-electron chi connectivity index (χ2n) is 6.26. The zero-order valence-electron chi connectivity index (χ0n) is 13.3. The quantitative estimate of drug-likeness (QED) is 0.586. The third-order valence-electron chi connectivity index (χ3n) is 4.64. The van der Waals surface area contributed by atoms with Crippen LogP contribution in [0, 0.1) is 12.8 Å². The van der Waals surface area contributed by atoms with Gasteiger partial charge in [-0.25, -0.2) is 0 Å². The van der Waals surface area contributed by atoms with Crippen LogP contribution in [0.3, 0.4) is 0 Å². The van der Waals surface area contributed by atoms with Gasteiger partial charge < -0.3 is 0 Å². The van der Waals surface area contributed by atoms with Crippen molar-refractivity contribution in [3.63, 3.8) is 0 Å². The molecule has 0 saturated heterocycles. The number of aryl methyl sites for hydroxylation is 1. The Morgan fingerprint density at radius 1 is 0.957 bits per heavy atom. The van der Waals surface area contributed by atoms with Crippen LogP contribution in [0.1, 0.15) is 27.7 Å². The average molecular weight is 318 g/mol. The van der Waals surface area contributed by atoms with Gasteiger partial charge in [-0.1, -0.05) is 61.5 Å². The van der Waals surface area contributed by atoms with Crippen LogP contribution in [0.25, 0.3) is 21.6 Å². The second kappa shape index (κ2) is 5.47. The SMILES string of the molecule is Cc1ccccc1-c1c(-c2ccccc2)sc2c1CC(C)C2=O. The van der Waals surface area contributed by atoms with Crippen LogP contribution in [0.5, 0.6) is 0 Å². The smallest absolute Gasteiger partial charge is 0.176 e. The molecule has 0 saturated carbocycles. The molecule has 0 radical (unpaired) electrons. The zero-order chi connectivity index (χ0) is 16.0. The molecule has 1 atom stereocenters. The molecule has 1 aliphatic rings. The molecule has 2 aromatic carbocycles. The molecule has 1 unspecified atom stereocenters. The third kappa shape index (κ3) is 2.25. The lowest BCUT2D eigenvalue weighted by Gasteiger charge is -2.11. The molecule has 0 bridgehead atoms. The summed E-state index contributed by atoms with van der Waals surface area (Å²) >= 11 is 1.67. The predicted octanol–water partition coefficient (Wildman–Crippen LogP) is 5.77. The van der Waals surface area contributed by atoms with Gasteiger partial charge in [0.25, 0.3) is 0 Å². The van der Waals surface area contributed by atoms with E-state index in [0.29, 0.717) is 5.78 Å². The van der Waals surface area contributed by atoms with Crippen molar-refractivity contribution in [3.8, 4) is 21.6 Å². The van der Waals surface area contributed by atoms with Gasteiger partial charge in [-0.2, -0.15) is 0 Å². The number of carbonyl (C=O) groups is 1. The van der Waals surface area contributed by atoms with Gasteiger partial charge in [0.1, 0.15) is 0 Å². The first-order valence-corrected chi connectivity index (χ1v) is 8.79. The topological polar surface area (TPSA) is 17.1 Å². The number of hydrogen-bond acceptors (Lipinski definition) is 2. The molecular weight excluding hydrogens is 300 g/mol. The molecule has 1 aliphatic carbocycles. The van der Waals surface area contributed by atoms with Crippen molar-refractivity contribution >= 4 is 17.1 Å². The van der Waals surface area contributed by atoms with Gasteiger partial charge in [-0.05, 0) is 35.6 Å². The van der Waals surface area contributed by atoms with Crippen molar-refractivity contribution in [2.45, 2.75) is 20.3 Å². The summed E-state index contributed by atoms with van der Waals surface area (Å²) in [4.78, 5) is 14.7. The molecule has 0 N–H and O–H groups in total. The molecule has 114 valence electrons. The van der Waals surface area contributed by atoms with E-state index in [1.165, 1.54) is 32.7 Å². The Morgan fingerprint density at radius 2 is 1.65 bits per heavy atom. The van der Waals surface area contributed by atoms with Gasteiger partial charge in [0.2, 0.25) is 0 Å². The molecule has 4 rings (SSSR count). The van der Waals surface area contributed by atoms with Crippen molar-refractivity contribution in [1.29, 1.82) is 0 Å². The average Bonchev–Trinajstić information content (AvgIpc) is 3.06. The molecule has 0 aliphatic heterocycles. The highest BCUT2D eigenvalue weighted by atomic mass is 32.1. The Kier molecular flexibility index (Phi) is 3.42. The van der Waals surface area contributed by atoms with Crippen LogP contribution in [-0.4, -0.2) is 5.78 Å². The predicted molar refractivity (Wildman–Crippen MR) is 97.1 cm³/mol. The van der Waals surface area contributed by atoms with Gasteiger partial charge in [-0.3, -0.25) is 4.79 Å². The fourth-order valence-electron chi connectivity index (χ4n) is 3.41. The maximum Gasteiger partial charge on any atom is 0.176 e. The lowest BCUT2D eigenvalue weighted by atomic mass is 9.93. The van der Waals surface area contributed by atoms with E-state index in [0.717, 1.165) is 11.3 Å². The number of rotatable bonds is 2. The first-order chi connectivity index (χ1) is 11.2. The highest BCUT2D eigenvalue weighted by molar-refractivity contribution is 7.18. The largest absolute Gasteiger partial charge is 0.293 e. The van der Waals surface area contributed by atoms with Crippen molar-refractivity contribution in [3.05, 3.63) is 70.6 Å². The van der Waals surface area contributed by atoms with Crippen molar-refractivity contribution in [1.82, 2.24) is 0 Å². The van der Waals surface area contributed by atoms with Crippen molar-refractivity contribution in [2.75, 3.05) is 0 Å². The van der Waals surface area contributed by atoms with Crippen molar-refractivity contribution < 1.29 is 4.79 Å². The van der Waals surface area contributed by atoms with Crippen LogP contribution in [-0.2, 0) is 6.42 Å².